The first-order valence-electron chi connectivity index (χ1n) is 6.89. The summed E-state index contributed by atoms with van der Waals surface area (Å²) >= 11 is 0. The number of aliphatic hydroxyl groups excluding tert-OH is 1. The van der Waals surface area contributed by atoms with Crippen molar-refractivity contribution >= 4 is 5.69 Å². The topological polar surface area (TPSA) is 46.2 Å². The van der Waals surface area contributed by atoms with Gasteiger partial charge in [-0.25, -0.2) is 0 Å². The summed E-state index contributed by atoms with van der Waals surface area (Å²) in [6.45, 7) is 12.8. The Bertz CT molecular complexity index is 229. The molecule has 0 atom stereocenters. The molecule has 0 aliphatic rings. The third kappa shape index (κ3) is 17.4. The third-order valence-corrected chi connectivity index (χ3v) is 2.20. The van der Waals surface area contributed by atoms with Gasteiger partial charge in [0.15, 0.2) is 0 Å². The fraction of sp³-hybridized carbons (Fsp3) is 0.625. The molecule has 1 aromatic rings. The minimum absolute atomic E-state index is 0.840. The van der Waals surface area contributed by atoms with Crippen LogP contribution in [0.5, 0.6) is 0 Å². The van der Waals surface area contributed by atoms with Gasteiger partial charge < -0.3 is 10.8 Å². The maximum Gasteiger partial charge on any atom is 0.0319 e. The number of aryl methyl sites for hydroxylation is 1. The van der Waals surface area contributed by atoms with Crippen LogP contribution < -0.4 is 5.73 Å². The zero-order valence-electron chi connectivity index (χ0n) is 13.3. The van der Waals surface area contributed by atoms with Crippen molar-refractivity contribution in [2.24, 2.45) is 5.92 Å². The molecular weight excluding hydrogens is 222 g/mol. The van der Waals surface area contributed by atoms with E-state index in [0.29, 0.717) is 0 Å². The highest BCUT2D eigenvalue weighted by Crippen LogP contribution is 2.04. The summed E-state index contributed by atoms with van der Waals surface area (Å²) in [4.78, 5) is 0. The number of benzene rings is 1. The Morgan fingerprint density at radius 2 is 1.33 bits per heavy atom. The van der Waals surface area contributed by atoms with Crippen LogP contribution in [0.15, 0.2) is 24.3 Å². The molecule has 1 aromatic carbocycles. The first kappa shape index (κ1) is 22.2. The Labute approximate surface area is 114 Å². The molecule has 0 saturated carbocycles. The first-order chi connectivity index (χ1) is 8.60. The van der Waals surface area contributed by atoms with Gasteiger partial charge in [-0.15, -0.1) is 0 Å². The standard InChI is InChI=1S/C8H11N.C5H12.C2H6.CH4O/c1-2-7-3-5-8(9)6-4-7;1-4-5(2)3;2*1-2/h3-6H,2,9H2,1H3;5H,4H2,1-3H3;1-2H3;2H,1H3. The number of hydrogen-bond acceptors (Lipinski definition) is 2. The zero-order valence-corrected chi connectivity index (χ0v) is 13.3. The van der Waals surface area contributed by atoms with Gasteiger partial charge in [0.2, 0.25) is 0 Å². The summed E-state index contributed by atoms with van der Waals surface area (Å²) in [5.41, 5.74) is 7.66. The quantitative estimate of drug-likeness (QED) is 0.763. The number of rotatable bonds is 2. The highest BCUT2D eigenvalue weighted by Gasteiger charge is 1.85. The molecule has 2 nitrogen and oxygen atoms in total. The summed E-state index contributed by atoms with van der Waals surface area (Å²) in [6.07, 6.45) is 2.39. The van der Waals surface area contributed by atoms with Crippen molar-refractivity contribution in [3.05, 3.63) is 29.8 Å². The molecule has 0 amide bonds. The smallest absolute Gasteiger partial charge is 0.0319 e. The minimum atomic E-state index is 0.840. The molecule has 0 aliphatic carbocycles. The molecule has 0 heterocycles. The zero-order chi connectivity index (χ0) is 15.0. The van der Waals surface area contributed by atoms with Crippen LogP contribution in [0.4, 0.5) is 5.69 Å². The summed E-state index contributed by atoms with van der Waals surface area (Å²) in [5, 5.41) is 7.00. The molecule has 0 fully saturated rings. The molecule has 18 heavy (non-hydrogen) atoms. The Morgan fingerprint density at radius 3 is 1.56 bits per heavy atom. The second-order valence-electron chi connectivity index (χ2n) is 3.90. The van der Waals surface area contributed by atoms with Gasteiger partial charge in [0.25, 0.3) is 0 Å². The molecule has 0 unspecified atom stereocenters. The maximum atomic E-state index is 7.00. The van der Waals surface area contributed by atoms with E-state index in [-0.39, 0.29) is 0 Å². The van der Waals surface area contributed by atoms with E-state index in [0.717, 1.165) is 25.1 Å². The molecule has 0 aliphatic heterocycles. The number of aliphatic hydroxyl groups is 1. The fourth-order valence-electron chi connectivity index (χ4n) is 0.753. The highest BCUT2D eigenvalue weighted by molar-refractivity contribution is 5.39. The molecule has 0 bridgehead atoms. The number of nitrogen functional groups attached to an aromatic ring is 1. The minimum Gasteiger partial charge on any atom is -0.400 e. The predicted molar refractivity (Wildman–Crippen MR) is 84.9 cm³/mol. The second-order valence-corrected chi connectivity index (χ2v) is 3.90. The first-order valence-corrected chi connectivity index (χ1v) is 6.89. The summed E-state index contributed by atoms with van der Waals surface area (Å²) < 4.78 is 0. The van der Waals surface area contributed by atoms with Gasteiger partial charge >= 0.3 is 0 Å². The average Bonchev–Trinajstić information content (AvgIpc) is 2.44. The Kier molecular flexibility index (Phi) is 22.6. The van der Waals surface area contributed by atoms with Crippen LogP contribution in [0, 0.1) is 5.92 Å². The van der Waals surface area contributed by atoms with E-state index in [1.54, 1.807) is 0 Å². The molecule has 1 rings (SSSR count). The Morgan fingerprint density at radius 1 is 1.00 bits per heavy atom. The molecule has 0 aromatic heterocycles. The van der Waals surface area contributed by atoms with Crippen LogP contribution >= 0.6 is 0 Å². The van der Waals surface area contributed by atoms with Crippen molar-refractivity contribution in [3.8, 4) is 0 Å². The van der Waals surface area contributed by atoms with Gasteiger partial charge in [0, 0.05) is 12.8 Å². The van der Waals surface area contributed by atoms with E-state index in [4.69, 9.17) is 10.8 Å². The second kappa shape index (κ2) is 18.3. The molecule has 2 heteroatoms. The maximum absolute atomic E-state index is 7.00. The normalized spacial score (nSPS) is 8.06. The molecule has 108 valence electrons. The van der Waals surface area contributed by atoms with Crippen molar-refractivity contribution in [1.82, 2.24) is 0 Å². The lowest BCUT2D eigenvalue weighted by Gasteiger charge is -1.94. The van der Waals surface area contributed by atoms with Crippen LogP contribution in [0.3, 0.4) is 0 Å². The van der Waals surface area contributed by atoms with Gasteiger partial charge in [-0.3, -0.25) is 0 Å². The van der Waals surface area contributed by atoms with E-state index in [1.807, 2.05) is 26.0 Å². The Hall–Kier alpha value is -1.02. The largest absolute Gasteiger partial charge is 0.400 e. The molecule has 0 spiro atoms. The number of hydrogen-bond donors (Lipinski definition) is 2. The number of anilines is 1. The van der Waals surface area contributed by atoms with Crippen molar-refractivity contribution in [2.75, 3.05) is 12.8 Å². The van der Waals surface area contributed by atoms with Crippen LogP contribution in [-0.2, 0) is 6.42 Å². The average molecular weight is 255 g/mol. The van der Waals surface area contributed by atoms with E-state index < -0.39 is 0 Å². The SMILES string of the molecule is CC.CCC(C)C.CCc1ccc(N)cc1.CO. The van der Waals surface area contributed by atoms with Crippen LogP contribution in [-0.4, -0.2) is 12.2 Å². The van der Waals surface area contributed by atoms with Crippen LogP contribution in [0.1, 0.15) is 53.5 Å². The lowest BCUT2D eigenvalue weighted by molar-refractivity contribution is 0.399. The highest BCUT2D eigenvalue weighted by atomic mass is 16.2. The van der Waals surface area contributed by atoms with Gasteiger partial charge in [-0.2, -0.15) is 0 Å². The van der Waals surface area contributed by atoms with Crippen molar-refractivity contribution in [3.63, 3.8) is 0 Å². The predicted octanol–water partition coefficient (Wildman–Crippen LogP) is 4.52. The number of nitrogens with two attached hydrogens (primary N) is 1. The third-order valence-electron chi connectivity index (χ3n) is 2.20. The van der Waals surface area contributed by atoms with Gasteiger partial charge in [-0.05, 0) is 30.0 Å². The molecule has 0 saturated heterocycles. The van der Waals surface area contributed by atoms with Gasteiger partial charge in [0.1, 0.15) is 0 Å². The van der Waals surface area contributed by atoms with Gasteiger partial charge in [0.05, 0.1) is 0 Å². The lowest BCUT2D eigenvalue weighted by Crippen LogP contribution is -1.84. The summed E-state index contributed by atoms with van der Waals surface area (Å²) in [6, 6.07) is 7.96. The molecule has 3 N–H and O–H groups in total. The Balaban J connectivity index is -0.000000215. The lowest BCUT2D eigenvalue weighted by atomic mass is 10.2. The van der Waals surface area contributed by atoms with Crippen molar-refractivity contribution < 1.29 is 5.11 Å². The van der Waals surface area contributed by atoms with E-state index in [1.165, 1.54) is 12.0 Å². The van der Waals surface area contributed by atoms with E-state index >= 15 is 0 Å². The van der Waals surface area contributed by atoms with Crippen LogP contribution in [0.25, 0.3) is 0 Å². The van der Waals surface area contributed by atoms with E-state index in [9.17, 15) is 0 Å². The fourth-order valence-corrected chi connectivity index (χ4v) is 0.753. The monoisotopic (exact) mass is 255 g/mol. The summed E-state index contributed by atoms with van der Waals surface area (Å²) in [7, 11) is 1.00. The van der Waals surface area contributed by atoms with Gasteiger partial charge in [-0.1, -0.05) is 60.1 Å². The summed E-state index contributed by atoms with van der Waals surface area (Å²) in [5.74, 6) is 0.884. The van der Waals surface area contributed by atoms with E-state index in [2.05, 4.69) is 39.8 Å². The van der Waals surface area contributed by atoms with Crippen molar-refractivity contribution in [2.45, 2.75) is 54.4 Å². The molecule has 0 radical (unpaired) electrons. The van der Waals surface area contributed by atoms with Crippen molar-refractivity contribution in [1.29, 1.82) is 0 Å². The van der Waals surface area contributed by atoms with Crippen LogP contribution in [0.2, 0.25) is 0 Å². The molecular formula is C16H33NO.